The second-order valence-corrected chi connectivity index (χ2v) is 5.72. The molecule has 2 aromatic rings. The van der Waals surface area contributed by atoms with E-state index < -0.39 is 10.0 Å². The fraction of sp³-hybridized carbons (Fsp3) is 0.0714. The third kappa shape index (κ3) is 2.90. The third-order valence-electron chi connectivity index (χ3n) is 2.76. The monoisotopic (exact) mass is 304 g/mol. The number of phenolic OH excluding ortho intramolecular Hbond substituents is 1. The minimum atomic E-state index is -4.02. The van der Waals surface area contributed by atoms with E-state index in [4.69, 9.17) is 10.00 Å². The number of phenols is 1. The maximum atomic E-state index is 12.4. The lowest BCUT2D eigenvalue weighted by molar-refractivity contribution is 0.411. The Balaban J connectivity index is 2.51. The van der Waals surface area contributed by atoms with Gasteiger partial charge in [0.15, 0.2) is 0 Å². The molecule has 0 heterocycles. The van der Waals surface area contributed by atoms with Gasteiger partial charge in [-0.25, -0.2) is 8.42 Å². The SMILES string of the molecule is COc1cccc(O)c1NS(=O)(=O)c1ccccc1C#N. The van der Waals surface area contributed by atoms with Crippen molar-refractivity contribution in [3.8, 4) is 17.6 Å². The van der Waals surface area contributed by atoms with Crippen molar-refractivity contribution in [3.05, 3.63) is 48.0 Å². The molecule has 0 aliphatic heterocycles. The number of methoxy groups -OCH3 is 1. The van der Waals surface area contributed by atoms with Crippen LogP contribution in [0.15, 0.2) is 47.4 Å². The van der Waals surface area contributed by atoms with E-state index in [2.05, 4.69) is 4.72 Å². The first-order valence-corrected chi connectivity index (χ1v) is 7.36. The van der Waals surface area contributed by atoms with Crippen molar-refractivity contribution in [2.75, 3.05) is 11.8 Å². The van der Waals surface area contributed by atoms with Crippen LogP contribution < -0.4 is 9.46 Å². The van der Waals surface area contributed by atoms with E-state index in [0.717, 1.165) is 0 Å². The van der Waals surface area contributed by atoms with Gasteiger partial charge in [0.1, 0.15) is 28.2 Å². The molecule has 6 nitrogen and oxygen atoms in total. The molecule has 0 aromatic heterocycles. The number of para-hydroxylation sites is 1. The van der Waals surface area contributed by atoms with Gasteiger partial charge < -0.3 is 9.84 Å². The Kier molecular flexibility index (Phi) is 4.00. The Morgan fingerprint density at radius 1 is 1.19 bits per heavy atom. The zero-order chi connectivity index (χ0) is 15.5. The largest absolute Gasteiger partial charge is 0.506 e. The van der Waals surface area contributed by atoms with Crippen LogP contribution in [0.2, 0.25) is 0 Å². The summed E-state index contributed by atoms with van der Waals surface area (Å²) in [6.07, 6.45) is 0. The molecule has 0 spiro atoms. The van der Waals surface area contributed by atoms with Gasteiger partial charge in [-0.05, 0) is 24.3 Å². The van der Waals surface area contributed by atoms with Gasteiger partial charge in [-0.2, -0.15) is 5.26 Å². The molecule has 2 rings (SSSR count). The summed E-state index contributed by atoms with van der Waals surface area (Å²) in [6.45, 7) is 0. The van der Waals surface area contributed by atoms with Gasteiger partial charge in [-0.3, -0.25) is 4.72 Å². The van der Waals surface area contributed by atoms with Crippen LogP contribution in [0.3, 0.4) is 0 Å². The van der Waals surface area contributed by atoms with Crippen LogP contribution >= 0.6 is 0 Å². The predicted molar refractivity (Wildman–Crippen MR) is 76.6 cm³/mol. The summed E-state index contributed by atoms with van der Waals surface area (Å²) in [7, 11) is -2.67. The lowest BCUT2D eigenvalue weighted by Gasteiger charge is -2.13. The first kappa shape index (κ1) is 14.7. The van der Waals surface area contributed by atoms with Crippen LogP contribution in [-0.4, -0.2) is 20.6 Å². The van der Waals surface area contributed by atoms with Gasteiger partial charge in [-0.1, -0.05) is 18.2 Å². The van der Waals surface area contributed by atoms with Crippen molar-refractivity contribution >= 4 is 15.7 Å². The molecule has 0 saturated heterocycles. The highest BCUT2D eigenvalue weighted by molar-refractivity contribution is 7.92. The highest BCUT2D eigenvalue weighted by Crippen LogP contribution is 2.35. The van der Waals surface area contributed by atoms with Gasteiger partial charge >= 0.3 is 0 Å². The summed E-state index contributed by atoms with van der Waals surface area (Å²) in [5.41, 5.74) is -0.0628. The van der Waals surface area contributed by atoms with Crippen LogP contribution in [0.4, 0.5) is 5.69 Å². The lowest BCUT2D eigenvalue weighted by Crippen LogP contribution is -2.15. The fourth-order valence-corrected chi connectivity index (χ4v) is 3.02. The second kappa shape index (κ2) is 5.73. The molecule has 21 heavy (non-hydrogen) atoms. The van der Waals surface area contributed by atoms with Crippen LogP contribution in [0.25, 0.3) is 0 Å². The predicted octanol–water partition coefficient (Wildman–Crippen LogP) is 2.07. The number of ether oxygens (including phenoxy) is 1. The molecule has 0 unspecified atom stereocenters. The number of aromatic hydroxyl groups is 1. The third-order valence-corrected chi connectivity index (χ3v) is 4.17. The molecule has 0 radical (unpaired) electrons. The molecular formula is C14H12N2O4S. The van der Waals surface area contributed by atoms with Gasteiger partial charge in [-0.15, -0.1) is 0 Å². The minimum Gasteiger partial charge on any atom is -0.506 e. The van der Waals surface area contributed by atoms with Gasteiger partial charge in [0.25, 0.3) is 10.0 Å². The molecule has 108 valence electrons. The van der Waals surface area contributed by atoms with E-state index in [1.165, 1.54) is 43.5 Å². The molecule has 0 amide bonds. The molecule has 2 N–H and O–H groups in total. The second-order valence-electron chi connectivity index (χ2n) is 4.07. The van der Waals surface area contributed by atoms with Crippen LogP contribution in [-0.2, 0) is 10.0 Å². The normalized spacial score (nSPS) is 10.7. The number of nitrogens with one attached hydrogen (secondary N) is 1. The van der Waals surface area contributed by atoms with E-state index in [1.54, 1.807) is 6.07 Å². The molecule has 0 bridgehead atoms. The van der Waals surface area contributed by atoms with Crippen molar-refractivity contribution in [1.82, 2.24) is 0 Å². The summed E-state index contributed by atoms with van der Waals surface area (Å²) >= 11 is 0. The molecule has 0 saturated carbocycles. The Morgan fingerprint density at radius 2 is 1.90 bits per heavy atom. The highest BCUT2D eigenvalue weighted by atomic mass is 32.2. The number of nitriles is 1. The van der Waals surface area contributed by atoms with E-state index in [-0.39, 0.29) is 27.6 Å². The topological polar surface area (TPSA) is 99.4 Å². The number of rotatable bonds is 4. The zero-order valence-corrected chi connectivity index (χ0v) is 11.9. The average Bonchev–Trinajstić information content (AvgIpc) is 2.49. The van der Waals surface area contributed by atoms with Crippen molar-refractivity contribution in [1.29, 1.82) is 5.26 Å². The van der Waals surface area contributed by atoms with Crippen molar-refractivity contribution in [3.63, 3.8) is 0 Å². The van der Waals surface area contributed by atoms with E-state index in [9.17, 15) is 13.5 Å². The Hall–Kier alpha value is -2.72. The van der Waals surface area contributed by atoms with Gasteiger partial charge in [0.2, 0.25) is 0 Å². The molecule has 0 fully saturated rings. The van der Waals surface area contributed by atoms with E-state index >= 15 is 0 Å². The zero-order valence-electron chi connectivity index (χ0n) is 11.1. The number of anilines is 1. The number of benzene rings is 2. The summed E-state index contributed by atoms with van der Waals surface area (Å²) in [5, 5.41) is 18.8. The fourth-order valence-electron chi connectivity index (χ4n) is 1.77. The quantitative estimate of drug-likeness (QED) is 0.842. The van der Waals surface area contributed by atoms with Crippen molar-refractivity contribution in [2.24, 2.45) is 0 Å². The summed E-state index contributed by atoms with van der Waals surface area (Å²) in [5.74, 6) is -0.0969. The molecule has 0 atom stereocenters. The van der Waals surface area contributed by atoms with Gasteiger partial charge in [0.05, 0.1) is 12.7 Å². The molecule has 0 aliphatic carbocycles. The maximum absolute atomic E-state index is 12.4. The molecule has 0 aliphatic rings. The Bertz CT molecular complexity index is 810. The van der Waals surface area contributed by atoms with Crippen LogP contribution in [0.1, 0.15) is 5.56 Å². The van der Waals surface area contributed by atoms with Gasteiger partial charge in [0, 0.05) is 0 Å². The number of hydrogen-bond donors (Lipinski definition) is 2. The number of sulfonamides is 1. The van der Waals surface area contributed by atoms with Crippen LogP contribution in [0.5, 0.6) is 11.5 Å². The smallest absolute Gasteiger partial charge is 0.263 e. The van der Waals surface area contributed by atoms with E-state index in [0.29, 0.717) is 0 Å². The van der Waals surface area contributed by atoms with Crippen LogP contribution in [0, 0.1) is 11.3 Å². The summed E-state index contributed by atoms with van der Waals surface area (Å²) in [4.78, 5) is -0.169. The van der Waals surface area contributed by atoms with Crippen molar-refractivity contribution < 1.29 is 18.3 Å². The highest BCUT2D eigenvalue weighted by Gasteiger charge is 2.21. The van der Waals surface area contributed by atoms with Crippen molar-refractivity contribution in [2.45, 2.75) is 4.90 Å². The molecule has 7 heteroatoms. The maximum Gasteiger partial charge on any atom is 0.263 e. The lowest BCUT2D eigenvalue weighted by atomic mass is 10.2. The minimum absolute atomic E-state index is 0.0133. The number of nitrogens with zero attached hydrogens (tertiary/aromatic N) is 1. The first-order chi connectivity index (χ1) is 9.99. The number of hydrogen-bond acceptors (Lipinski definition) is 5. The average molecular weight is 304 g/mol. The Morgan fingerprint density at radius 3 is 2.57 bits per heavy atom. The standard InChI is InChI=1S/C14H12N2O4S/c1-20-12-7-4-6-11(17)14(12)16-21(18,19)13-8-3-2-5-10(13)9-15/h2-8,16-17H,1H3. The molecule has 2 aromatic carbocycles. The summed E-state index contributed by atoms with van der Waals surface area (Å²) in [6, 6.07) is 12.0. The Labute approximate surface area is 122 Å². The first-order valence-electron chi connectivity index (χ1n) is 5.87. The van der Waals surface area contributed by atoms with E-state index in [1.807, 2.05) is 6.07 Å². The summed E-state index contributed by atoms with van der Waals surface area (Å²) < 4.78 is 32.0. The molecular weight excluding hydrogens is 292 g/mol.